The third-order valence-corrected chi connectivity index (χ3v) is 3.10. The molecule has 0 aliphatic carbocycles. The maximum Gasteiger partial charge on any atom is 0.337 e. The van der Waals surface area contributed by atoms with E-state index in [1.54, 1.807) is 0 Å². The summed E-state index contributed by atoms with van der Waals surface area (Å²) in [5.74, 6) is -2.30. The van der Waals surface area contributed by atoms with Crippen LogP contribution in [0.2, 0.25) is 10.0 Å². The fraction of sp³-hybridized carbons (Fsp3) is 0. The van der Waals surface area contributed by atoms with E-state index in [1.807, 2.05) is 0 Å². The number of benzene rings is 2. The molecule has 4 nitrogen and oxygen atoms in total. The molecule has 0 bridgehead atoms. The molecule has 0 radical (unpaired) electrons. The molecule has 18 heavy (non-hydrogen) atoms. The monoisotopic (exact) mass is 284 g/mol. The highest BCUT2D eigenvalue weighted by atomic mass is 35.5. The first kappa shape index (κ1) is 12.7. The van der Waals surface area contributed by atoms with Gasteiger partial charge < -0.3 is 10.2 Å². The predicted octanol–water partition coefficient (Wildman–Crippen LogP) is 3.54. The highest BCUT2D eigenvalue weighted by Crippen LogP contribution is 2.29. The first-order valence-electron chi connectivity index (χ1n) is 4.79. The van der Waals surface area contributed by atoms with E-state index in [-0.39, 0.29) is 21.2 Å². The molecular formula is C12H6Cl2O4. The van der Waals surface area contributed by atoms with E-state index >= 15 is 0 Å². The number of carboxylic acid groups (broad SMARTS) is 2. The van der Waals surface area contributed by atoms with E-state index in [4.69, 9.17) is 33.4 Å². The third kappa shape index (κ3) is 2.12. The Bertz CT molecular complexity index is 620. The zero-order valence-electron chi connectivity index (χ0n) is 8.78. The molecule has 0 spiro atoms. The normalized spacial score (nSPS) is 10.6. The fourth-order valence-corrected chi connectivity index (χ4v) is 2.13. The standard InChI is InChI=1S/C12H6Cl2O4/c13-9-4-6-2-8(12(17)18)10(14)3-5(6)1-7(9)11(15)16/h1-4H,(H,15,16)(H,17,18). The average Bonchev–Trinajstić information content (AvgIpc) is 2.27. The van der Waals surface area contributed by atoms with Crippen molar-refractivity contribution in [3.8, 4) is 0 Å². The Balaban J connectivity index is 2.78. The van der Waals surface area contributed by atoms with Gasteiger partial charge >= 0.3 is 11.9 Å². The van der Waals surface area contributed by atoms with Crippen LogP contribution in [0.5, 0.6) is 0 Å². The fourth-order valence-electron chi connectivity index (χ4n) is 1.62. The summed E-state index contributed by atoms with van der Waals surface area (Å²) < 4.78 is 0. The van der Waals surface area contributed by atoms with Gasteiger partial charge in [0.1, 0.15) is 0 Å². The Morgan fingerprint density at radius 3 is 1.39 bits per heavy atom. The van der Waals surface area contributed by atoms with Crippen molar-refractivity contribution in [3.63, 3.8) is 0 Å². The second-order valence-corrected chi connectivity index (χ2v) is 4.44. The summed E-state index contributed by atoms with van der Waals surface area (Å²) in [5, 5.41) is 19.0. The van der Waals surface area contributed by atoms with Crippen LogP contribution >= 0.6 is 23.2 Å². The first-order chi connectivity index (χ1) is 8.40. The minimum Gasteiger partial charge on any atom is -0.478 e. The largest absolute Gasteiger partial charge is 0.478 e. The summed E-state index contributed by atoms with van der Waals surface area (Å²) >= 11 is 11.6. The highest BCUT2D eigenvalue weighted by Gasteiger charge is 2.14. The van der Waals surface area contributed by atoms with Gasteiger partial charge in [0.25, 0.3) is 0 Å². The van der Waals surface area contributed by atoms with Crippen LogP contribution < -0.4 is 0 Å². The molecule has 0 saturated carbocycles. The Kier molecular flexibility index (Phi) is 3.15. The second-order valence-electron chi connectivity index (χ2n) is 3.62. The van der Waals surface area contributed by atoms with Crippen molar-refractivity contribution >= 4 is 45.9 Å². The summed E-state index contributed by atoms with van der Waals surface area (Å²) in [6.45, 7) is 0. The zero-order chi connectivity index (χ0) is 13.4. The molecule has 0 amide bonds. The summed E-state index contributed by atoms with van der Waals surface area (Å²) in [6, 6.07) is 5.53. The SMILES string of the molecule is O=C(O)c1cc2cc(Cl)c(C(=O)O)cc2cc1Cl. The number of halogens is 2. The van der Waals surface area contributed by atoms with Gasteiger partial charge in [0.15, 0.2) is 0 Å². The van der Waals surface area contributed by atoms with Gasteiger partial charge in [0.05, 0.1) is 21.2 Å². The summed E-state index contributed by atoms with van der Waals surface area (Å²) in [4.78, 5) is 21.8. The molecule has 0 saturated heterocycles. The number of fused-ring (bicyclic) bond motifs is 1. The van der Waals surface area contributed by atoms with Gasteiger partial charge in [-0.05, 0) is 35.0 Å². The zero-order valence-corrected chi connectivity index (χ0v) is 10.3. The van der Waals surface area contributed by atoms with Crippen molar-refractivity contribution < 1.29 is 19.8 Å². The lowest BCUT2D eigenvalue weighted by molar-refractivity contribution is 0.0686. The van der Waals surface area contributed by atoms with Crippen LogP contribution in [-0.2, 0) is 0 Å². The van der Waals surface area contributed by atoms with Crippen molar-refractivity contribution in [1.29, 1.82) is 0 Å². The van der Waals surface area contributed by atoms with Crippen LogP contribution in [-0.4, -0.2) is 22.2 Å². The van der Waals surface area contributed by atoms with Crippen LogP contribution in [0.1, 0.15) is 20.7 Å². The predicted molar refractivity (Wildman–Crippen MR) is 67.9 cm³/mol. The van der Waals surface area contributed by atoms with Gasteiger partial charge in [-0.15, -0.1) is 0 Å². The molecule has 6 heteroatoms. The van der Waals surface area contributed by atoms with Gasteiger partial charge in [0, 0.05) is 0 Å². The molecule has 2 aromatic carbocycles. The molecule has 0 aliphatic rings. The smallest absolute Gasteiger partial charge is 0.337 e. The van der Waals surface area contributed by atoms with E-state index < -0.39 is 11.9 Å². The Labute approximate surface area is 111 Å². The third-order valence-electron chi connectivity index (χ3n) is 2.47. The lowest BCUT2D eigenvalue weighted by Crippen LogP contribution is -2.00. The van der Waals surface area contributed by atoms with Crippen LogP contribution in [0, 0.1) is 0 Å². The van der Waals surface area contributed by atoms with Gasteiger partial charge in [-0.1, -0.05) is 23.2 Å². The molecular weight excluding hydrogens is 279 g/mol. The van der Waals surface area contributed by atoms with Crippen LogP contribution in [0.15, 0.2) is 24.3 Å². The van der Waals surface area contributed by atoms with Crippen LogP contribution in [0.4, 0.5) is 0 Å². The van der Waals surface area contributed by atoms with Gasteiger partial charge in [-0.3, -0.25) is 0 Å². The molecule has 0 aliphatic heterocycles. The van der Waals surface area contributed by atoms with Crippen molar-refractivity contribution in [3.05, 3.63) is 45.4 Å². The quantitative estimate of drug-likeness (QED) is 0.884. The lowest BCUT2D eigenvalue weighted by atomic mass is 10.0. The number of hydrogen-bond acceptors (Lipinski definition) is 2. The summed E-state index contributed by atoms with van der Waals surface area (Å²) in [5.41, 5.74) is -0.105. The first-order valence-corrected chi connectivity index (χ1v) is 5.55. The number of aromatic carboxylic acids is 2. The molecule has 2 rings (SSSR count). The highest BCUT2D eigenvalue weighted by molar-refractivity contribution is 6.36. The summed E-state index contributed by atoms with van der Waals surface area (Å²) in [6.07, 6.45) is 0. The van der Waals surface area contributed by atoms with Crippen molar-refractivity contribution in [2.24, 2.45) is 0 Å². The minimum atomic E-state index is -1.15. The topological polar surface area (TPSA) is 74.6 Å². The summed E-state index contributed by atoms with van der Waals surface area (Å²) in [7, 11) is 0. The Morgan fingerprint density at radius 2 is 1.11 bits per heavy atom. The van der Waals surface area contributed by atoms with Crippen molar-refractivity contribution in [1.82, 2.24) is 0 Å². The van der Waals surface area contributed by atoms with E-state index in [2.05, 4.69) is 0 Å². The van der Waals surface area contributed by atoms with Crippen LogP contribution in [0.25, 0.3) is 10.8 Å². The van der Waals surface area contributed by atoms with Gasteiger partial charge in [-0.2, -0.15) is 0 Å². The van der Waals surface area contributed by atoms with E-state index in [9.17, 15) is 9.59 Å². The Hall–Kier alpha value is -1.78. The molecule has 2 N–H and O–H groups in total. The maximum atomic E-state index is 10.9. The number of rotatable bonds is 2. The van der Waals surface area contributed by atoms with E-state index in [0.29, 0.717) is 10.8 Å². The molecule has 2 aromatic rings. The maximum absolute atomic E-state index is 10.9. The van der Waals surface area contributed by atoms with E-state index in [1.165, 1.54) is 24.3 Å². The van der Waals surface area contributed by atoms with Crippen LogP contribution in [0.3, 0.4) is 0 Å². The second kappa shape index (κ2) is 4.48. The van der Waals surface area contributed by atoms with Gasteiger partial charge in [-0.25, -0.2) is 9.59 Å². The number of hydrogen-bond donors (Lipinski definition) is 2. The van der Waals surface area contributed by atoms with Gasteiger partial charge in [0.2, 0.25) is 0 Å². The number of carboxylic acids is 2. The van der Waals surface area contributed by atoms with E-state index in [0.717, 1.165) is 0 Å². The minimum absolute atomic E-state index is 0.0497. The van der Waals surface area contributed by atoms with Crippen molar-refractivity contribution in [2.75, 3.05) is 0 Å². The molecule has 0 aromatic heterocycles. The molecule has 0 fully saturated rings. The number of carbonyl (C=O) groups is 2. The Morgan fingerprint density at radius 1 is 0.778 bits per heavy atom. The molecule has 0 unspecified atom stereocenters. The molecule has 0 heterocycles. The average molecular weight is 285 g/mol. The lowest BCUT2D eigenvalue weighted by Gasteiger charge is -2.06. The molecule has 0 atom stereocenters. The molecule has 92 valence electrons. The van der Waals surface area contributed by atoms with Crippen molar-refractivity contribution in [2.45, 2.75) is 0 Å².